The Morgan fingerprint density at radius 2 is 2.18 bits per heavy atom. The van der Waals surface area contributed by atoms with Crippen molar-refractivity contribution in [2.24, 2.45) is 0 Å². The minimum Gasteiger partial charge on any atom is -0.397 e. The van der Waals surface area contributed by atoms with Gasteiger partial charge in [-0.15, -0.1) is 0 Å². The van der Waals surface area contributed by atoms with Gasteiger partial charge in [0.15, 0.2) is 0 Å². The van der Waals surface area contributed by atoms with Crippen molar-refractivity contribution in [2.45, 2.75) is 13.8 Å². The molecule has 0 aliphatic heterocycles. The van der Waals surface area contributed by atoms with Gasteiger partial charge in [0.1, 0.15) is 11.3 Å². The number of hydrogen-bond acceptors (Lipinski definition) is 4. The number of amides is 1. The number of nitrogens with one attached hydrogen (secondary N) is 1. The van der Waals surface area contributed by atoms with E-state index in [1.54, 1.807) is 13.0 Å². The van der Waals surface area contributed by atoms with Crippen molar-refractivity contribution in [2.75, 3.05) is 11.1 Å². The molecule has 3 N–H and O–H groups in total. The van der Waals surface area contributed by atoms with Crippen LogP contribution in [0.15, 0.2) is 28.9 Å². The lowest BCUT2D eigenvalue weighted by molar-refractivity contribution is 0.102. The number of anilines is 2. The molecule has 0 atom stereocenters. The Balaban J connectivity index is 2.24. The molecular weight excluding hydrogens is 218 g/mol. The number of nitrogens with two attached hydrogens (primary N) is 1. The molecule has 0 spiro atoms. The van der Waals surface area contributed by atoms with Gasteiger partial charge in [0, 0.05) is 0 Å². The van der Waals surface area contributed by atoms with Crippen molar-refractivity contribution in [3.63, 3.8) is 0 Å². The number of benzene rings is 1. The zero-order chi connectivity index (χ0) is 12.4. The molecule has 0 bridgehead atoms. The van der Waals surface area contributed by atoms with E-state index in [4.69, 9.17) is 10.3 Å². The van der Waals surface area contributed by atoms with Crippen LogP contribution < -0.4 is 11.1 Å². The third-order valence-electron chi connectivity index (χ3n) is 2.45. The number of nitrogens with zero attached hydrogens (tertiary/aromatic N) is 1. The number of hydrogen-bond donors (Lipinski definition) is 2. The Morgan fingerprint density at radius 3 is 2.82 bits per heavy atom. The molecule has 2 aromatic rings. The fourth-order valence-corrected chi connectivity index (χ4v) is 1.48. The normalized spacial score (nSPS) is 10.2. The summed E-state index contributed by atoms with van der Waals surface area (Å²) in [4.78, 5) is 11.9. The summed E-state index contributed by atoms with van der Waals surface area (Å²) >= 11 is 0. The third-order valence-corrected chi connectivity index (χ3v) is 2.45. The lowest BCUT2D eigenvalue weighted by Gasteiger charge is -2.08. The quantitative estimate of drug-likeness (QED) is 0.776. The van der Waals surface area contributed by atoms with Gasteiger partial charge in [-0.1, -0.05) is 11.2 Å². The van der Waals surface area contributed by atoms with Gasteiger partial charge in [0.05, 0.1) is 17.6 Å². The van der Waals surface area contributed by atoms with E-state index in [9.17, 15) is 4.79 Å². The highest BCUT2D eigenvalue weighted by Gasteiger charge is 2.13. The van der Waals surface area contributed by atoms with Crippen LogP contribution in [-0.4, -0.2) is 11.1 Å². The number of nitrogen functional groups attached to an aromatic ring is 1. The SMILES string of the molecule is Cc1ccc(N)c(NC(=O)c2cnoc2C)c1. The predicted molar refractivity (Wildman–Crippen MR) is 64.8 cm³/mol. The molecule has 0 aliphatic rings. The van der Waals surface area contributed by atoms with Crippen LogP contribution in [0.25, 0.3) is 0 Å². The van der Waals surface area contributed by atoms with Gasteiger partial charge in [0.2, 0.25) is 0 Å². The maximum Gasteiger partial charge on any atom is 0.260 e. The molecule has 1 aromatic carbocycles. The summed E-state index contributed by atoms with van der Waals surface area (Å²) in [6.45, 7) is 3.61. The molecule has 1 amide bonds. The molecule has 1 aromatic heterocycles. The summed E-state index contributed by atoms with van der Waals surface area (Å²) in [5.41, 5.74) is 8.33. The number of carbonyl (C=O) groups excluding carboxylic acids is 1. The Kier molecular flexibility index (Phi) is 2.82. The average molecular weight is 231 g/mol. The van der Waals surface area contributed by atoms with Gasteiger partial charge in [-0.2, -0.15) is 0 Å². The maximum absolute atomic E-state index is 11.9. The van der Waals surface area contributed by atoms with Crippen LogP contribution in [-0.2, 0) is 0 Å². The summed E-state index contributed by atoms with van der Waals surface area (Å²) in [6.07, 6.45) is 1.39. The van der Waals surface area contributed by atoms with Crippen LogP contribution >= 0.6 is 0 Å². The van der Waals surface area contributed by atoms with Crippen molar-refractivity contribution in [3.05, 3.63) is 41.3 Å². The van der Waals surface area contributed by atoms with Crippen molar-refractivity contribution < 1.29 is 9.32 Å². The van der Waals surface area contributed by atoms with Gasteiger partial charge in [-0.25, -0.2) is 0 Å². The zero-order valence-corrected chi connectivity index (χ0v) is 9.65. The smallest absolute Gasteiger partial charge is 0.260 e. The minimum absolute atomic E-state index is 0.277. The topological polar surface area (TPSA) is 81.1 Å². The van der Waals surface area contributed by atoms with Crippen LogP contribution in [0.4, 0.5) is 11.4 Å². The van der Waals surface area contributed by atoms with Crippen LogP contribution in [0, 0.1) is 13.8 Å². The summed E-state index contributed by atoms with van der Waals surface area (Å²) in [5, 5.41) is 6.29. The average Bonchev–Trinajstić information content (AvgIpc) is 2.70. The molecule has 17 heavy (non-hydrogen) atoms. The van der Waals surface area contributed by atoms with E-state index in [2.05, 4.69) is 10.5 Å². The maximum atomic E-state index is 11.9. The Labute approximate surface area is 98.6 Å². The second-order valence-electron chi connectivity index (χ2n) is 3.84. The molecule has 0 unspecified atom stereocenters. The first kappa shape index (κ1) is 11.2. The fourth-order valence-electron chi connectivity index (χ4n) is 1.48. The van der Waals surface area contributed by atoms with Crippen molar-refractivity contribution in [3.8, 4) is 0 Å². The second-order valence-corrected chi connectivity index (χ2v) is 3.84. The summed E-state index contributed by atoms with van der Waals surface area (Å²) < 4.78 is 4.84. The largest absolute Gasteiger partial charge is 0.397 e. The second kappa shape index (κ2) is 4.29. The highest BCUT2D eigenvalue weighted by Crippen LogP contribution is 2.20. The zero-order valence-electron chi connectivity index (χ0n) is 9.65. The Bertz CT molecular complexity index is 561. The van der Waals surface area contributed by atoms with E-state index in [1.807, 2.05) is 19.1 Å². The van der Waals surface area contributed by atoms with Gasteiger partial charge in [0.25, 0.3) is 5.91 Å². The standard InChI is InChI=1S/C12H13N3O2/c1-7-3-4-10(13)11(5-7)15-12(16)9-6-14-17-8(9)2/h3-6H,13H2,1-2H3,(H,15,16). The van der Waals surface area contributed by atoms with E-state index in [0.29, 0.717) is 22.7 Å². The summed E-state index contributed by atoms with van der Waals surface area (Å²) in [5.74, 6) is 0.203. The molecule has 1 heterocycles. The molecule has 5 heteroatoms. The van der Waals surface area contributed by atoms with Gasteiger partial charge in [-0.05, 0) is 31.5 Å². The first-order chi connectivity index (χ1) is 8.08. The minimum atomic E-state index is -0.277. The molecule has 88 valence electrons. The van der Waals surface area contributed by atoms with Crippen molar-refractivity contribution in [1.29, 1.82) is 0 Å². The molecule has 5 nitrogen and oxygen atoms in total. The monoisotopic (exact) mass is 231 g/mol. The number of aromatic nitrogens is 1. The number of carbonyl (C=O) groups is 1. The van der Waals surface area contributed by atoms with E-state index < -0.39 is 0 Å². The Morgan fingerprint density at radius 1 is 1.41 bits per heavy atom. The number of rotatable bonds is 2. The lowest BCUT2D eigenvalue weighted by Crippen LogP contribution is -2.13. The highest BCUT2D eigenvalue weighted by molar-refractivity contribution is 6.06. The van der Waals surface area contributed by atoms with E-state index in [-0.39, 0.29) is 5.91 Å². The molecule has 0 radical (unpaired) electrons. The lowest BCUT2D eigenvalue weighted by atomic mass is 10.2. The van der Waals surface area contributed by atoms with E-state index in [0.717, 1.165) is 5.56 Å². The molecular formula is C12H13N3O2. The van der Waals surface area contributed by atoms with Crippen molar-refractivity contribution in [1.82, 2.24) is 5.16 Å². The molecule has 2 rings (SSSR count). The van der Waals surface area contributed by atoms with E-state index >= 15 is 0 Å². The predicted octanol–water partition coefficient (Wildman–Crippen LogP) is 2.13. The molecule has 0 fully saturated rings. The molecule has 0 saturated heterocycles. The first-order valence-electron chi connectivity index (χ1n) is 5.16. The van der Waals surface area contributed by atoms with Crippen LogP contribution in [0.2, 0.25) is 0 Å². The summed E-state index contributed by atoms with van der Waals surface area (Å²) in [6, 6.07) is 5.46. The third kappa shape index (κ3) is 2.28. The van der Waals surface area contributed by atoms with Gasteiger partial charge >= 0.3 is 0 Å². The van der Waals surface area contributed by atoms with Crippen LogP contribution in [0.5, 0.6) is 0 Å². The van der Waals surface area contributed by atoms with Gasteiger partial charge < -0.3 is 15.6 Å². The van der Waals surface area contributed by atoms with Crippen LogP contribution in [0.1, 0.15) is 21.7 Å². The fraction of sp³-hybridized carbons (Fsp3) is 0.167. The van der Waals surface area contributed by atoms with Crippen molar-refractivity contribution >= 4 is 17.3 Å². The molecule has 0 saturated carbocycles. The first-order valence-corrected chi connectivity index (χ1v) is 5.16. The Hall–Kier alpha value is -2.30. The van der Waals surface area contributed by atoms with Gasteiger partial charge in [-0.3, -0.25) is 4.79 Å². The number of aryl methyl sites for hydroxylation is 2. The molecule has 0 aliphatic carbocycles. The van der Waals surface area contributed by atoms with E-state index in [1.165, 1.54) is 6.20 Å². The summed E-state index contributed by atoms with van der Waals surface area (Å²) in [7, 11) is 0. The highest BCUT2D eigenvalue weighted by atomic mass is 16.5. The van der Waals surface area contributed by atoms with Crippen LogP contribution in [0.3, 0.4) is 0 Å².